The van der Waals surface area contributed by atoms with Crippen LogP contribution < -0.4 is 0 Å². The highest BCUT2D eigenvalue weighted by atomic mass is 19.2. The number of halogens is 2. The first-order valence-corrected chi connectivity index (χ1v) is 6.45. The Kier molecular flexibility index (Phi) is 4.88. The maximum absolute atomic E-state index is 13.7. The molecule has 0 unspecified atom stereocenters. The number of nitrogens with zero attached hydrogens (tertiary/aromatic N) is 1. The van der Waals surface area contributed by atoms with E-state index in [2.05, 4.69) is 0 Å². The molecule has 0 saturated heterocycles. The number of carboxylic acid groups (broad SMARTS) is 1. The number of hydrogen-bond donors (Lipinski definition) is 1. The largest absolute Gasteiger partial charge is 0.481 e. The molecule has 1 aromatic carbocycles. The van der Waals surface area contributed by atoms with E-state index in [9.17, 15) is 18.4 Å². The van der Waals surface area contributed by atoms with E-state index >= 15 is 0 Å². The number of amides is 1. The number of aliphatic carboxylic acids is 1. The summed E-state index contributed by atoms with van der Waals surface area (Å²) in [6.07, 6.45) is 2.20. The summed E-state index contributed by atoms with van der Waals surface area (Å²) >= 11 is 0. The Balaban J connectivity index is 2.22. The van der Waals surface area contributed by atoms with Crippen molar-refractivity contribution in [3.63, 3.8) is 0 Å². The standard InChI is InChI=1S/C15H13F2NO4/c16-12-3-1-2-10(14(12)17)8-18(6-4-13(19)20)15(21)11-5-7-22-9-11/h1-3,5,7,9H,4,6,8H2,(H,19,20). The zero-order valence-electron chi connectivity index (χ0n) is 11.5. The number of carbonyl (C=O) groups is 2. The van der Waals surface area contributed by atoms with Gasteiger partial charge in [-0.15, -0.1) is 0 Å². The van der Waals surface area contributed by atoms with Crippen LogP contribution >= 0.6 is 0 Å². The first-order chi connectivity index (χ1) is 10.5. The molecule has 0 spiro atoms. The summed E-state index contributed by atoms with van der Waals surface area (Å²) < 4.78 is 31.8. The highest BCUT2D eigenvalue weighted by Crippen LogP contribution is 2.16. The van der Waals surface area contributed by atoms with Gasteiger partial charge in [0, 0.05) is 18.7 Å². The molecule has 0 radical (unpaired) electrons. The van der Waals surface area contributed by atoms with Gasteiger partial charge in [-0.3, -0.25) is 9.59 Å². The molecule has 116 valence electrons. The second-order valence-corrected chi connectivity index (χ2v) is 4.60. The first-order valence-electron chi connectivity index (χ1n) is 6.45. The lowest BCUT2D eigenvalue weighted by Gasteiger charge is -2.21. The predicted molar refractivity (Wildman–Crippen MR) is 72.1 cm³/mol. The molecule has 1 amide bonds. The molecular formula is C15H13F2NO4. The summed E-state index contributed by atoms with van der Waals surface area (Å²) in [5.41, 5.74) is 0.185. The van der Waals surface area contributed by atoms with Gasteiger partial charge in [0.2, 0.25) is 0 Å². The van der Waals surface area contributed by atoms with E-state index < -0.39 is 23.5 Å². The molecule has 2 aromatic rings. The zero-order chi connectivity index (χ0) is 16.1. The highest BCUT2D eigenvalue weighted by molar-refractivity contribution is 5.94. The smallest absolute Gasteiger partial charge is 0.305 e. The fourth-order valence-electron chi connectivity index (χ4n) is 1.93. The molecule has 5 nitrogen and oxygen atoms in total. The minimum atomic E-state index is -1.09. The van der Waals surface area contributed by atoms with Gasteiger partial charge in [-0.1, -0.05) is 12.1 Å². The third kappa shape index (κ3) is 3.69. The van der Waals surface area contributed by atoms with E-state index in [1.807, 2.05) is 0 Å². The van der Waals surface area contributed by atoms with Crippen LogP contribution in [-0.4, -0.2) is 28.4 Å². The molecule has 0 aliphatic heterocycles. The van der Waals surface area contributed by atoms with Crippen molar-refractivity contribution >= 4 is 11.9 Å². The second kappa shape index (κ2) is 6.84. The van der Waals surface area contributed by atoms with Gasteiger partial charge in [-0.2, -0.15) is 0 Å². The van der Waals surface area contributed by atoms with Crippen molar-refractivity contribution in [1.82, 2.24) is 4.90 Å². The van der Waals surface area contributed by atoms with Gasteiger partial charge in [-0.05, 0) is 12.1 Å². The fourth-order valence-corrected chi connectivity index (χ4v) is 1.93. The molecule has 1 aromatic heterocycles. The number of furan rings is 1. The molecule has 0 saturated carbocycles. The van der Waals surface area contributed by atoms with Crippen molar-refractivity contribution < 1.29 is 27.9 Å². The molecule has 22 heavy (non-hydrogen) atoms. The summed E-state index contributed by atoms with van der Waals surface area (Å²) in [7, 11) is 0. The molecule has 0 atom stereocenters. The minimum Gasteiger partial charge on any atom is -0.481 e. The van der Waals surface area contributed by atoms with Gasteiger partial charge >= 0.3 is 5.97 Å². The molecule has 1 N–H and O–H groups in total. The molecule has 0 fully saturated rings. The summed E-state index contributed by atoms with van der Waals surface area (Å²) in [6, 6.07) is 5.05. The lowest BCUT2D eigenvalue weighted by Crippen LogP contribution is -2.32. The Bertz CT molecular complexity index is 670. The predicted octanol–water partition coefficient (Wildman–Crippen LogP) is 2.67. The van der Waals surface area contributed by atoms with Crippen molar-refractivity contribution in [2.75, 3.05) is 6.54 Å². The van der Waals surface area contributed by atoms with Crippen molar-refractivity contribution in [1.29, 1.82) is 0 Å². The number of carbonyl (C=O) groups excluding carboxylic acids is 1. The summed E-state index contributed by atoms with van der Waals surface area (Å²) in [5.74, 6) is -3.68. The van der Waals surface area contributed by atoms with Gasteiger partial charge in [0.1, 0.15) is 6.26 Å². The minimum absolute atomic E-state index is 0.0257. The van der Waals surface area contributed by atoms with Crippen LogP contribution in [0.3, 0.4) is 0 Å². The number of carboxylic acids is 1. The van der Waals surface area contributed by atoms with E-state index in [1.54, 1.807) is 0 Å². The molecular weight excluding hydrogens is 296 g/mol. The van der Waals surface area contributed by atoms with Crippen LogP contribution in [0.25, 0.3) is 0 Å². The average molecular weight is 309 g/mol. The maximum Gasteiger partial charge on any atom is 0.305 e. The van der Waals surface area contributed by atoms with Gasteiger partial charge in [-0.25, -0.2) is 8.78 Å². The highest BCUT2D eigenvalue weighted by Gasteiger charge is 2.20. The van der Waals surface area contributed by atoms with E-state index in [-0.39, 0.29) is 30.6 Å². The third-order valence-electron chi connectivity index (χ3n) is 3.04. The Morgan fingerprint density at radius 3 is 2.64 bits per heavy atom. The summed E-state index contributed by atoms with van der Waals surface area (Å²) in [6.45, 7) is -0.365. The lowest BCUT2D eigenvalue weighted by atomic mass is 10.1. The third-order valence-corrected chi connectivity index (χ3v) is 3.04. The topological polar surface area (TPSA) is 70.8 Å². The fraction of sp³-hybridized carbons (Fsp3) is 0.200. The maximum atomic E-state index is 13.7. The van der Waals surface area contributed by atoms with E-state index in [1.165, 1.54) is 30.7 Å². The van der Waals surface area contributed by atoms with Crippen LogP contribution in [-0.2, 0) is 11.3 Å². The van der Waals surface area contributed by atoms with Crippen LogP contribution in [0.15, 0.2) is 41.2 Å². The number of rotatable bonds is 6. The van der Waals surface area contributed by atoms with Gasteiger partial charge < -0.3 is 14.4 Å². The molecule has 1 heterocycles. The van der Waals surface area contributed by atoms with Crippen LogP contribution in [0, 0.1) is 11.6 Å². The molecule has 0 bridgehead atoms. The van der Waals surface area contributed by atoms with Crippen molar-refractivity contribution in [2.45, 2.75) is 13.0 Å². The van der Waals surface area contributed by atoms with Crippen LogP contribution in [0.1, 0.15) is 22.3 Å². The van der Waals surface area contributed by atoms with Crippen molar-refractivity contribution in [3.05, 3.63) is 59.6 Å². The molecule has 2 rings (SSSR count). The molecule has 0 aliphatic rings. The van der Waals surface area contributed by atoms with Crippen LogP contribution in [0.2, 0.25) is 0 Å². The van der Waals surface area contributed by atoms with Gasteiger partial charge in [0.25, 0.3) is 5.91 Å². The monoisotopic (exact) mass is 309 g/mol. The number of benzene rings is 1. The Morgan fingerprint density at radius 1 is 1.23 bits per heavy atom. The van der Waals surface area contributed by atoms with E-state index in [0.717, 1.165) is 11.0 Å². The molecule has 0 aliphatic carbocycles. The van der Waals surface area contributed by atoms with Crippen LogP contribution in [0.4, 0.5) is 8.78 Å². The lowest BCUT2D eigenvalue weighted by molar-refractivity contribution is -0.137. The normalized spacial score (nSPS) is 10.5. The SMILES string of the molecule is O=C(O)CCN(Cc1cccc(F)c1F)C(=O)c1ccoc1. The van der Waals surface area contributed by atoms with Crippen molar-refractivity contribution in [3.8, 4) is 0 Å². The van der Waals surface area contributed by atoms with Crippen molar-refractivity contribution in [2.24, 2.45) is 0 Å². The summed E-state index contributed by atoms with van der Waals surface area (Å²) in [4.78, 5) is 24.1. The summed E-state index contributed by atoms with van der Waals surface area (Å²) in [5, 5.41) is 8.75. The number of hydrogen-bond acceptors (Lipinski definition) is 3. The Labute approximate surface area is 124 Å². The van der Waals surface area contributed by atoms with E-state index in [0.29, 0.717) is 0 Å². The van der Waals surface area contributed by atoms with Gasteiger partial charge in [0.05, 0.1) is 18.2 Å². The zero-order valence-corrected chi connectivity index (χ0v) is 11.5. The Hall–Kier alpha value is -2.70. The second-order valence-electron chi connectivity index (χ2n) is 4.60. The van der Waals surface area contributed by atoms with Crippen LogP contribution in [0.5, 0.6) is 0 Å². The average Bonchev–Trinajstić information content (AvgIpc) is 3.01. The van der Waals surface area contributed by atoms with Gasteiger partial charge in [0.15, 0.2) is 11.6 Å². The first kappa shape index (κ1) is 15.7. The van der Waals surface area contributed by atoms with E-state index in [4.69, 9.17) is 9.52 Å². The molecule has 7 heteroatoms. The Morgan fingerprint density at radius 2 is 2.00 bits per heavy atom. The quantitative estimate of drug-likeness (QED) is 0.890.